The molecule has 4 N–H and O–H groups in total. The van der Waals surface area contributed by atoms with Crippen molar-refractivity contribution in [2.75, 3.05) is 39.5 Å². The molecule has 1 heterocycles. The van der Waals surface area contributed by atoms with Crippen molar-refractivity contribution in [3.05, 3.63) is 0 Å². The van der Waals surface area contributed by atoms with Crippen LogP contribution >= 0.6 is 0 Å². The zero-order chi connectivity index (χ0) is 13.2. The van der Waals surface area contributed by atoms with Crippen molar-refractivity contribution < 1.29 is 24.1 Å². The molecular formula is C11H22N2O5. The van der Waals surface area contributed by atoms with Crippen molar-refractivity contribution in [1.29, 1.82) is 0 Å². The summed E-state index contributed by atoms with van der Waals surface area (Å²) in [5, 5.41) is 12.5. The smallest absolute Gasteiger partial charge is 0.404 e. The van der Waals surface area contributed by atoms with Crippen molar-refractivity contribution in [2.24, 2.45) is 5.73 Å². The number of nitrogens with two attached hydrogens (primary N) is 1. The van der Waals surface area contributed by atoms with E-state index in [1.54, 1.807) is 0 Å². The van der Waals surface area contributed by atoms with Gasteiger partial charge in [-0.1, -0.05) is 0 Å². The number of hydrogen-bond donors (Lipinski definition) is 3. The average molecular weight is 262 g/mol. The fourth-order valence-electron chi connectivity index (χ4n) is 1.66. The number of carbonyl (C=O) groups is 1. The largest absolute Gasteiger partial charge is 0.448 e. The lowest BCUT2D eigenvalue weighted by atomic mass is 10.2. The fourth-order valence-corrected chi connectivity index (χ4v) is 1.66. The van der Waals surface area contributed by atoms with Crippen LogP contribution in [0.3, 0.4) is 0 Å². The first-order chi connectivity index (χ1) is 8.68. The summed E-state index contributed by atoms with van der Waals surface area (Å²) in [4.78, 5) is 10.3. The van der Waals surface area contributed by atoms with Crippen molar-refractivity contribution in [1.82, 2.24) is 5.32 Å². The molecule has 0 spiro atoms. The molecule has 1 fully saturated rings. The van der Waals surface area contributed by atoms with E-state index in [1.165, 1.54) is 0 Å². The fraction of sp³-hybridized carbons (Fsp3) is 0.909. The number of aliphatic hydroxyl groups excluding tert-OH is 1. The van der Waals surface area contributed by atoms with Crippen LogP contribution in [0, 0.1) is 0 Å². The molecule has 0 radical (unpaired) electrons. The van der Waals surface area contributed by atoms with Crippen LogP contribution in [0.2, 0.25) is 0 Å². The number of hydrogen-bond acceptors (Lipinski definition) is 6. The molecule has 0 aromatic carbocycles. The molecule has 18 heavy (non-hydrogen) atoms. The highest BCUT2D eigenvalue weighted by Gasteiger charge is 2.15. The Bertz CT molecular complexity index is 233. The van der Waals surface area contributed by atoms with E-state index in [0.717, 1.165) is 19.4 Å². The normalized spacial score (nSPS) is 20.8. The maximum atomic E-state index is 10.3. The van der Waals surface area contributed by atoms with E-state index in [0.29, 0.717) is 19.7 Å². The topological polar surface area (TPSA) is 103 Å². The molecule has 7 nitrogen and oxygen atoms in total. The van der Waals surface area contributed by atoms with Gasteiger partial charge in [0.15, 0.2) is 0 Å². The Morgan fingerprint density at radius 1 is 1.61 bits per heavy atom. The number of carbonyl (C=O) groups excluding carboxylic acids is 1. The first-order valence-electron chi connectivity index (χ1n) is 6.19. The molecule has 0 aromatic heterocycles. The quantitative estimate of drug-likeness (QED) is 0.471. The lowest BCUT2D eigenvalue weighted by Crippen LogP contribution is -2.33. The Balaban J connectivity index is 1.87. The molecule has 1 saturated heterocycles. The van der Waals surface area contributed by atoms with Gasteiger partial charge in [0.25, 0.3) is 0 Å². The minimum atomic E-state index is -0.794. The van der Waals surface area contributed by atoms with Gasteiger partial charge in [0.2, 0.25) is 0 Å². The number of primary amides is 1. The van der Waals surface area contributed by atoms with Crippen LogP contribution in [-0.4, -0.2) is 62.9 Å². The van der Waals surface area contributed by atoms with E-state index in [1.807, 2.05) is 0 Å². The first kappa shape index (κ1) is 15.2. The van der Waals surface area contributed by atoms with Crippen LogP contribution in [0.4, 0.5) is 4.79 Å². The van der Waals surface area contributed by atoms with Gasteiger partial charge < -0.3 is 30.4 Å². The van der Waals surface area contributed by atoms with E-state index in [-0.39, 0.29) is 19.3 Å². The Morgan fingerprint density at radius 2 is 2.44 bits per heavy atom. The van der Waals surface area contributed by atoms with Gasteiger partial charge in [-0.05, 0) is 12.8 Å². The Kier molecular flexibility index (Phi) is 7.66. The lowest BCUT2D eigenvalue weighted by Gasteiger charge is -2.14. The summed E-state index contributed by atoms with van der Waals surface area (Å²) in [7, 11) is 0. The Hall–Kier alpha value is -0.890. The van der Waals surface area contributed by atoms with Gasteiger partial charge in [0, 0.05) is 19.7 Å². The Morgan fingerprint density at radius 3 is 3.11 bits per heavy atom. The van der Waals surface area contributed by atoms with Crippen molar-refractivity contribution in [3.63, 3.8) is 0 Å². The first-order valence-corrected chi connectivity index (χ1v) is 6.19. The third kappa shape index (κ3) is 7.44. The molecule has 1 amide bonds. The molecule has 1 rings (SSSR count). The number of rotatable bonds is 9. The predicted octanol–water partition coefficient (Wildman–Crippen LogP) is -0.772. The molecule has 7 heteroatoms. The van der Waals surface area contributed by atoms with Crippen molar-refractivity contribution in [3.8, 4) is 0 Å². The van der Waals surface area contributed by atoms with Gasteiger partial charge >= 0.3 is 6.09 Å². The SMILES string of the molecule is NC(=O)OCCNCC(O)COCC1CCCO1. The average Bonchev–Trinajstić information content (AvgIpc) is 2.81. The molecule has 2 atom stereocenters. The third-order valence-electron chi connectivity index (χ3n) is 2.54. The zero-order valence-electron chi connectivity index (χ0n) is 10.5. The van der Waals surface area contributed by atoms with Crippen LogP contribution in [0.1, 0.15) is 12.8 Å². The van der Waals surface area contributed by atoms with Crippen LogP contribution in [0.25, 0.3) is 0 Å². The molecule has 0 aromatic rings. The summed E-state index contributed by atoms with van der Waals surface area (Å²) in [5.41, 5.74) is 4.79. The number of amides is 1. The molecule has 1 aliphatic rings. The van der Waals surface area contributed by atoms with E-state index in [4.69, 9.17) is 15.2 Å². The number of aliphatic hydroxyl groups is 1. The van der Waals surface area contributed by atoms with Crippen molar-refractivity contribution in [2.45, 2.75) is 25.0 Å². The highest BCUT2D eigenvalue weighted by molar-refractivity contribution is 5.64. The van der Waals surface area contributed by atoms with E-state index < -0.39 is 12.2 Å². The molecule has 106 valence electrons. The zero-order valence-corrected chi connectivity index (χ0v) is 10.5. The molecular weight excluding hydrogens is 240 g/mol. The van der Waals surface area contributed by atoms with Crippen LogP contribution in [0.15, 0.2) is 0 Å². The minimum Gasteiger partial charge on any atom is -0.448 e. The van der Waals surface area contributed by atoms with Gasteiger partial charge in [-0.15, -0.1) is 0 Å². The van der Waals surface area contributed by atoms with Crippen LogP contribution in [0.5, 0.6) is 0 Å². The molecule has 0 bridgehead atoms. The summed E-state index contributed by atoms with van der Waals surface area (Å²) in [6, 6.07) is 0. The monoisotopic (exact) mass is 262 g/mol. The molecule has 0 saturated carbocycles. The van der Waals surface area contributed by atoms with Gasteiger partial charge in [0.1, 0.15) is 6.61 Å². The second kappa shape index (κ2) is 9.09. The summed E-state index contributed by atoms with van der Waals surface area (Å²) >= 11 is 0. The van der Waals surface area contributed by atoms with Gasteiger partial charge in [-0.25, -0.2) is 4.79 Å². The lowest BCUT2D eigenvalue weighted by molar-refractivity contribution is -0.0165. The Labute approximate surface area is 107 Å². The van der Waals surface area contributed by atoms with Gasteiger partial charge in [0.05, 0.1) is 25.4 Å². The number of ether oxygens (including phenoxy) is 3. The molecule has 2 unspecified atom stereocenters. The maximum absolute atomic E-state index is 10.3. The van der Waals surface area contributed by atoms with Crippen LogP contribution < -0.4 is 11.1 Å². The molecule has 1 aliphatic heterocycles. The number of nitrogens with one attached hydrogen (secondary N) is 1. The highest BCUT2D eigenvalue weighted by Crippen LogP contribution is 2.11. The maximum Gasteiger partial charge on any atom is 0.404 e. The van der Waals surface area contributed by atoms with E-state index >= 15 is 0 Å². The van der Waals surface area contributed by atoms with E-state index in [9.17, 15) is 9.90 Å². The molecule has 0 aliphatic carbocycles. The highest BCUT2D eigenvalue weighted by atomic mass is 16.5. The van der Waals surface area contributed by atoms with Crippen LogP contribution in [-0.2, 0) is 14.2 Å². The summed E-state index contributed by atoms with van der Waals surface area (Å²) in [6.45, 7) is 2.63. The van der Waals surface area contributed by atoms with Gasteiger partial charge in [-0.2, -0.15) is 0 Å². The standard InChI is InChI=1S/C11H22N2O5/c12-11(15)18-5-3-13-6-9(14)7-16-8-10-2-1-4-17-10/h9-10,13-14H,1-8H2,(H2,12,15). The minimum absolute atomic E-state index is 0.175. The third-order valence-corrected chi connectivity index (χ3v) is 2.54. The second-order valence-corrected chi connectivity index (χ2v) is 4.20. The van der Waals surface area contributed by atoms with Gasteiger partial charge in [-0.3, -0.25) is 0 Å². The van der Waals surface area contributed by atoms with E-state index in [2.05, 4.69) is 10.1 Å². The second-order valence-electron chi connectivity index (χ2n) is 4.20. The summed E-state index contributed by atoms with van der Waals surface area (Å²) in [5.74, 6) is 0. The summed E-state index contributed by atoms with van der Waals surface area (Å²) < 4.78 is 15.3. The predicted molar refractivity (Wildman–Crippen MR) is 64.2 cm³/mol. The summed E-state index contributed by atoms with van der Waals surface area (Å²) in [6.07, 6.45) is 0.905. The van der Waals surface area contributed by atoms with Crippen molar-refractivity contribution >= 4 is 6.09 Å².